The Morgan fingerprint density at radius 1 is 1.25 bits per heavy atom. The second-order valence-corrected chi connectivity index (χ2v) is 7.94. The van der Waals surface area contributed by atoms with Crippen molar-refractivity contribution in [2.24, 2.45) is 5.92 Å². The zero-order valence-electron chi connectivity index (χ0n) is 14.2. The maximum absolute atomic E-state index is 12.4. The van der Waals surface area contributed by atoms with Gasteiger partial charge in [-0.05, 0) is 30.0 Å². The predicted octanol–water partition coefficient (Wildman–Crippen LogP) is 1.39. The highest BCUT2D eigenvalue weighted by Crippen LogP contribution is 2.32. The first-order valence-corrected chi connectivity index (χ1v) is 9.64. The number of sulfonamides is 1. The Hall–Kier alpha value is -1.80. The number of fused-ring (bicyclic) bond motifs is 1. The molecule has 0 fully saturated rings. The number of carbonyl (C=O) groups excluding carboxylic acids is 1. The molecule has 1 aromatic rings. The molecule has 0 saturated carbocycles. The monoisotopic (exact) mass is 356 g/mol. The molecular weight excluding hydrogens is 332 g/mol. The van der Waals surface area contributed by atoms with E-state index in [1.54, 1.807) is 32.9 Å². The highest BCUT2D eigenvalue weighted by molar-refractivity contribution is 7.89. The molecule has 0 radical (unpaired) electrons. The third-order valence-corrected chi connectivity index (χ3v) is 5.19. The molecule has 1 aliphatic rings. The summed E-state index contributed by atoms with van der Waals surface area (Å²) in [6, 6.07) is 4.62. The van der Waals surface area contributed by atoms with E-state index >= 15 is 0 Å². The fourth-order valence-corrected chi connectivity index (χ4v) is 3.78. The Morgan fingerprint density at radius 2 is 1.96 bits per heavy atom. The van der Waals surface area contributed by atoms with Gasteiger partial charge in [-0.1, -0.05) is 26.8 Å². The first-order valence-electron chi connectivity index (χ1n) is 7.98. The molecule has 2 rings (SSSR count). The fraction of sp³-hybridized carbons (Fsp3) is 0.562. The van der Waals surface area contributed by atoms with Gasteiger partial charge in [-0.3, -0.25) is 4.79 Å². The molecule has 0 saturated heterocycles. The maximum atomic E-state index is 12.4. The number of ether oxygens (including phenoxy) is 2. The van der Waals surface area contributed by atoms with Crippen LogP contribution in [0.4, 0.5) is 0 Å². The van der Waals surface area contributed by atoms with Gasteiger partial charge in [0.05, 0.1) is 5.75 Å². The summed E-state index contributed by atoms with van der Waals surface area (Å²) < 4.78 is 36.9. The molecule has 134 valence electrons. The van der Waals surface area contributed by atoms with E-state index in [1.165, 1.54) is 0 Å². The van der Waals surface area contributed by atoms with Crippen LogP contribution in [0, 0.1) is 5.92 Å². The van der Waals surface area contributed by atoms with Crippen LogP contribution in [0.5, 0.6) is 11.5 Å². The van der Waals surface area contributed by atoms with Gasteiger partial charge in [0, 0.05) is 6.54 Å². The van der Waals surface area contributed by atoms with E-state index in [2.05, 4.69) is 10.0 Å². The van der Waals surface area contributed by atoms with Gasteiger partial charge in [0.15, 0.2) is 11.5 Å². The second kappa shape index (κ2) is 7.85. The Balaban J connectivity index is 1.98. The molecule has 1 amide bonds. The van der Waals surface area contributed by atoms with Crippen molar-refractivity contribution >= 4 is 15.9 Å². The number of amides is 1. The van der Waals surface area contributed by atoms with E-state index in [0.717, 1.165) is 5.56 Å². The van der Waals surface area contributed by atoms with Gasteiger partial charge in [-0.2, -0.15) is 0 Å². The highest BCUT2D eigenvalue weighted by Gasteiger charge is 2.26. The molecule has 0 bridgehead atoms. The van der Waals surface area contributed by atoms with Crippen molar-refractivity contribution in [3.63, 3.8) is 0 Å². The van der Waals surface area contributed by atoms with Crippen LogP contribution in [0.15, 0.2) is 18.2 Å². The molecule has 24 heavy (non-hydrogen) atoms. The average molecular weight is 356 g/mol. The third kappa shape index (κ3) is 4.85. The lowest BCUT2D eigenvalue weighted by Crippen LogP contribution is -2.49. The third-order valence-electron chi connectivity index (χ3n) is 3.63. The lowest BCUT2D eigenvalue weighted by Gasteiger charge is -2.21. The summed E-state index contributed by atoms with van der Waals surface area (Å²) in [4.78, 5) is 12.4. The SMILES string of the molecule is CCCS(=O)(=O)N[C@@H](C(=O)NCc1ccc2c(c1)OCO2)C(C)C. The van der Waals surface area contributed by atoms with Gasteiger partial charge in [-0.25, -0.2) is 13.1 Å². The molecule has 8 heteroatoms. The molecule has 0 spiro atoms. The summed E-state index contributed by atoms with van der Waals surface area (Å²) in [6.45, 7) is 5.87. The number of hydrogen-bond donors (Lipinski definition) is 2. The lowest BCUT2D eigenvalue weighted by atomic mass is 10.0. The Morgan fingerprint density at radius 3 is 2.62 bits per heavy atom. The lowest BCUT2D eigenvalue weighted by molar-refractivity contribution is -0.123. The summed E-state index contributed by atoms with van der Waals surface area (Å²) in [5, 5.41) is 2.77. The molecule has 1 aliphatic heterocycles. The summed E-state index contributed by atoms with van der Waals surface area (Å²) in [6.07, 6.45) is 0.499. The van der Waals surface area contributed by atoms with E-state index in [-0.39, 0.29) is 30.9 Å². The summed E-state index contributed by atoms with van der Waals surface area (Å²) in [5.74, 6) is 0.824. The zero-order chi connectivity index (χ0) is 17.7. The molecule has 7 nitrogen and oxygen atoms in total. The number of carbonyl (C=O) groups is 1. The number of nitrogens with one attached hydrogen (secondary N) is 2. The van der Waals surface area contributed by atoms with Crippen LogP contribution in [-0.2, 0) is 21.4 Å². The van der Waals surface area contributed by atoms with Crippen molar-refractivity contribution in [3.05, 3.63) is 23.8 Å². The van der Waals surface area contributed by atoms with Crippen molar-refractivity contribution < 1.29 is 22.7 Å². The molecule has 1 aromatic carbocycles. The average Bonchev–Trinajstić information content (AvgIpc) is 2.97. The predicted molar refractivity (Wildman–Crippen MR) is 90.3 cm³/mol. The molecule has 0 aliphatic carbocycles. The Bertz CT molecular complexity index is 688. The van der Waals surface area contributed by atoms with E-state index in [0.29, 0.717) is 17.9 Å². The molecule has 1 heterocycles. The van der Waals surface area contributed by atoms with Crippen LogP contribution in [0.2, 0.25) is 0 Å². The van der Waals surface area contributed by atoms with Gasteiger partial charge in [-0.15, -0.1) is 0 Å². The normalized spacial score (nSPS) is 14.7. The van der Waals surface area contributed by atoms with Crippen LogP contribution >= 0.6 is 0 Å². The number of hydrogen-bond acceptors (Lipinski definition) is 5. The van der Waals surface area contributed by atoms with Crippen molar-refractivity contribution in [2.75, 3.05) is 12.5 Å². The largest absolute Gasteiger partial charge is 0.454 e. The van der Waals surface area contributed by atoms with Crippen molar-refractivity contribution in [2.45, 2.75) is 39.8 Å². The second-order valence-electron chi connectivity index (χ2n) is 6.06. The van der Waals surface area contributed by atoms with E-state index < -0.39 is 16.1 Å². The maximum Gasteiger partial charge on any atom is 0.238 e. The fourth-order valence-electron chi connectivity index (χ4n) is 2.36. The van der Waals surface area contributed by atoms with E-state index in [1.807, 2.05) is 6.07 Å². The van der Waals surface area contributed by atoms with Crippen LogP contribution in [0.3, 0.4) is 0 Å². The summed E-state index contributed by atoms with van der Waals surface area (Å²) >= 11 is 0. The Kier molecular flexibility index (Phi) is 6.06. The molecule has 0 unspecified atom stereocenters. The summed E-state index contributed by atoms with van der Waals surface area (Å²) in [7, 11) is -3.46. The van der Waals surface area contributed by atoms with Gasteiger partial charge in [0.25, 0.3) is 0 Å². The standard InChI is InChI=1S/C16H24N2O5S/c1-4-7-24(20,21)18-15(11(2)3)16(19)17-9-12-5-6-13-14(8-12)23-10-22-13/h5-6,8,11,15,18H,4,7,9-10H2,1-3H3,(H,17,19)/t15-/m1/s1. The molecular formula is C16H24N2O5S. The molecule has 0 aromatic heterocycles. The highest BCUT2D eigenvalue weighted by atomic mass is 32.2. The van der Waals surface area contributed by atoms with E-state index in [4.69, 9.17) is 9.47 Å². The van der Waals surface area contributed by atoms with Crippen LogP contribution in [-0.4, -0.2) is 32.9 Å². The Labute approximate surface area is 142 Å². The van der Waals surface area contributed by atoms with Crippen molar-refractivity contribution in [1.82, 2.24) is 10.0 Å². The topological polar surface area (TPSA) is 93.7 Å². The van der Waals surface area contributed by atoms with Crippen LogP contribution in [0.1, 0.15) is 32.8 Å². The first kappa shape index (κ1) is 18.5. The van der Waals surface area contributed by atoms with Gasteiger partial charge < -0.3 is 14.8 Å². The molecule has 1 atom stereocenters. The smallest absolute Gasteiger partial charge is 0.238 e. The summed E-state index contributed by atoms with van der Waals surface area (Å²) in [5.41, 5.74) is 0.853. The van der Waals surface area contributed by atoms with Crippen molar-refractivity contribution in [3.8, 4) is 11.5 Å². The van der Waals surface area contributed by atoms with Crippen LogP contribution in [0.25, 0.3) is 0 Å². The van der Waals surface area contributed by atoms with Gasteiger partial charge in [0.2, 0.25) is 22.7 Å². The number of rotatable bonds is 8. The minimum absolute atomic E-state index is 0.00562. The zero-order valence-corrected chi connectivity index (χ0v) is 15.0. The number of benzene rings is 1. The van der Waals surface area contributed by atoms with Crippen molar-refractivity contribution in [1.29, 1.82) is 0 Å². The van der Waals surface area contributed by atoms with Gasteiger partial charge in [0.1, 0.15) is 6.04 Å². The minimum Gasteiger partial charge on any atom is -0.454 e. The quantitative estimate of drug-likeness (QED) is 0.734. The van der Waals surface area contributed by atoms with Crippen LogP contribution < -0.4 is 19.5 Å². The van der Waals surface area contributed by atoms with E-state index in [9.17, 15) is 13.2 Å². The van der Waals surface area contributed by atoms with Gasteiger partial charge >= 0.3 is 0 Å². The molecule has 2 N–H and O–H groups in total. The first-order chi connectivity index (χ1) is 11.3. The minimum atomic E-state index is -3.46.